The van der Waals surface area contributed by atoms with Gasteiger partial charge < -0.3 is 5.73 Å². The highest BCUT2D eigenvalue weighted by molar-refractivity contribution is 7.80. The number of hydrogen-bond donors (Lipinski definition) is 1. The van der Waals surface area contributed by atoms with Gasteiger partial charge in [-0.15, -0.1) is 0 Å². The van der Waals surface area contributed by atoms with Crippen LogP contribution in [0.15, 0.2) is 30.3 Å². The van der Waals surface area contributed by atoms with Gasteiger partial charge in [0.1, 0.15) is 4.99 Å². The van der Waals surface area contributed by atoms with E-state index in [1.807, 2.05) is 30.3 Å². The molecule has 0 aliphatic heterocycles. The van der Waals surface area contributed by atoms with E-state index < -0.39 is 0 Å². The maximum Gasteiger partial charge on any atom is 0.104 e. The van der Waals surface area contributed by atoms with Crippen molar-refractivity contribution in [1.29, 1.82) is 5.26 Å². The lowest BCUT2D eigenvalue weighted by atomic mass is 10.1. The standard InChI is InChI=1S/C10H8N2S/c11-7-3-5-8-4-1-2-6-9(8)10(12)13/h1-6H,(H2,12,13). The Morgan fingerprint density at radius 2 is 2.15 bits per heavy atom. The first kappa shape index (κ1) is 9.43. The average molecular weight is 188 g/mol. The number of allylic oxidation sites excluding steroid dienone is 1. The summed E-state index contributed by atoms with van der Waals surface area (Å²) in [7, 11) is 0. The van der Waals surface area contributed by atoms with Gasteiger partial charge in [0.25, 0.3) is 0 Å². The number of nitrogens with two attached hydrogens (primary N) is 1. The van der Waals surface area contributed by atoms with Gasteiger partial charge >= 0.3 is 0 Å². The molecule has 0 saturated heterocycles. The average Bonchev–Trinajstić information content (AvgIpc) is 2.15. The van der Waals surface area contributed by atoms with Crippen molar-refractivity contribution in [2.45, 2.75) is 0 Å². The van der Waals surface area contributed by atoms with Crippen LogP contribution in [0, 0.1) is 11.3 Å². The third-order valence-corrected chi connectivity index (χ3v) is 1.78. The minimum Gasteiger partial charge on any atom is -0.389 e. The molecular formula is C10H8N2S. The Hall–Kier alpha value is -1.66. The van der Waals surface area contributed by atoms with E-state index in [0.29, 0.717) is 4.99 Å². The fourth-order valence-electron chi connectivity index (χ4n) is 0.994. The Balaban J connectivity index is 3.14. The second kappa shape index (κ2) is 4.39. The van der Waals surface area contributed by atoms with Crippen LogP contribution in [0.4, 0.5) is 0 Å². The fraction of sp³-hybridized carbons (Fsp3) is 0. The highest BCUT2D eigenvalue weighted by Gasteiger charge is 1.99. The van der Waals surface area contributed by atoms with Crippen molar-refractivity contribution in [2.75, 3.05) is 0 Å². The molecule has 0 aliphatic carbocycles. The first-order valence-electron chi connectivity index (χ1n) is 3.70. The first-order chi connectivity index (χ1) is 6.25. The molecule has 1 rings (SSSR count). The van der Waals surface area contributed by atoms with Crippen LogP contribution in [0.5, 0.6) is 0 Å². The maximum absolute atomic E-state index is 8.36. The molecule has 0 bridgehead atoms. The summed E-state index contributed by atoms with van der Waals surface area (Å²) in [5.74, 6) is 0. The molecule has 0 heterocycles. The van der Waals surface area contributed by atoms with Crippen LogP contribution in [-0.4, -0.2) is 4.99 Å². The molecule has 0 atom stereocenters. The molecule has 0 fully saturated rings. The predicted molar refractivity (Wildman–Crippen MR) is 57.0 cm³/mol. The second-order valence-electron chi connectivity index (χ2n) is 2.41. The van der Waals surface area contributed by atoms with Crippen molar-refractivity contribution in [3.63, 3.8) is 0 Å². The zero-order valence-corrected chi connectivity index (χ0v) is 7.71. The Morgan fingerprint density at radius 1 is 1.46 bits per heavy atom. The summed E-state index contributed by atoms with van der Waals surface area (Å²) in [5.41, 5.74) is 7.17. The summed E-state index contributed by atoms with van der Waals surface area (Å²) in [6.07, 6.45) is 3.09. The summed E-state index contributed by atoms with van der Waals surface area (Å²) < 4.78 is 0. The quantitative estimate of drug-likeness (QED) is 0.569. The minimum absolute atomic E-state index is 0.346. The molecule has 0 radical (unpaired) electrons. The molecule has 0 saturated carbocycles. The van der Waals surface area contributed by atoms with Crippen LogP contribution >= 0.6 is 12.2 Å². The van der Waals surface area contributed by atoms with Crippen molar-refractivity contribution in [1.82, 2.24) is 0 Å². The van der Waals surface area contributed by atoms with Gasteiger partial charge in [-0.2, -0.15) is 5.26 Å². The summed E-state index contributed by atoms with van der Waals surface area (Å²) >= 11 is 4.86. The van der Waals surface area contributed by atoms with Gasteiger partial charge in [-0.1, -0.05) is 36.5 Å². The number of thiocarbonyl (C=S) groups is 1. The second-order valence-corrected chi connectivity index (χ2v) is 2.85. The van der Waals surface area contributed by atoms with E-state index in [-0.39, 0.29) is 0 Å². The third kappa shape index (κ3) is 2.39. The number of benzene rings is 1. The first-order valence-corrected chi connectivity index (χ1v) is 4.11. The topological polar surface area (TPSA) is 49.8 Å². The van der Waals surface area contributed by atoms with Crippen LogP contribution < -0.4 is 5.73 Å². The fourth-order valence-corrected chi connectivity index (χ4v) is 1.18. The molecule has 2 N–H and O–H groups in total. The normalized spacial score (nSPS) is 9.77. The van der Waals surface area contributed by atoms with Gasteiger partial charge in [0.05, 0.1) is 6.07 Å². The highest BCUT2D eigenvalue weighted by Crippen LogP contribution is 2.10. The summed E-state index contributed by atoms with van der Waals surface area (Å²) in [5, 5.41) is 8.36. The molecule has 1 aromatic carbocycles. The number of nitriles is 1. The molecule has 13 heavy (non-hydrogen) atoms. The monoisotopic (exact) mass is 188 g/mol. The van der Waals surface area contributed by atoms with Crippen molar-refractivity contribution in [2.24, 2.45) is 5.73 Å². The van der Waals surface area contributed by atoms with Crippen molar-refractivity contribution in [3.8, 4) is 6.07 Å². The van der Waals surface area contributed by atoms with Crippen LogP contribution in [-0.2, 0) is 0 Å². The molecule has 2 nitrogen and oxygen atoms in total. The maximum atomic E-state index is 8.36. The Kier molecular flexibility index (Phi) is 3.18. The van der Waals surface area contributed by atoms with E-state index in [1.54, 1.807) is 6.08 Å². The lowest BCUT2D eigenvalue weighted by Crippen LogP contribution is -2.10. The van der Waals surface area contributed by atoms with Crippen molar-refractivity contribution in [3.05, 3.63) is 41.5 Å². The Bertz CT molecular complexity index is 388. The number of rotatable bonds is 2. The molecular weight excluding hydrogens is 180 g/mol. The van der Waals surface area contributed by atoms with Gasteiger partial charge in [0, 0.05) is 11.6 Å². The van der Waals surface area contributed by atoms with Gasteiger partial charge in [-0.25, -0.2) is 0 Å². The Morgan fingerprint density at radius 3 is 2.77 bits per heavy atom. The third-order valence-electron chi connectivity index (χ3n) is 1.56. The van der Waals surface area contributed by atoms with Crippen LogP contribution in [0.1, 0.15) is 11.1 Å². The summed E-state index contributed by atoms with van der Waals surface area (Å²) in [4.78, 5) is 0.346. The molecule has 3 heteroatoms. The predicted octanol–water partition coefficient (Wildman–Crippen LogP) is 1.86. The van der Waals surface area contributed by atoms with Crippen molar-refractivity contribution < 1.29 is 0 Å². The van der Waals surface area contributed by atoms with Gasteiger partial charge in [-0.05, 0) is 11.6 Å². The molecule has 0 spiro atoms. The zero-order valence-electron chi connectivity index (χ0n) is 6.90. The van der Waals surface area contributed by atoms with Crippen LogP contribution in [0.2, 0.25) is 0 Å². The van der Waals surface area contributed by atoms with E-state index in [1.165, 1.54) is 6.08 Å². The highest BCUT2D eigenvalue weighted by atomic mass is 32.1. The summed E-state index contributed by atoms with van der Waals surface area (Å²) in [6, 6.07) is 9.35. The van der Waals surface area contributed by atoms with E-state index in [9.17, 15) is 0 Å². The lowest BCUT2D eigenvalue weighted by molar-refractivity contribution is 1.53. The molecule has 0 aliphatic rings. The smallest absolute Gasteiger partial charge is 0.104 e. The van der Waals surface area contributed by atoms with Crippen LogP contribution in [0.25, 0.3) is 6.08 Å². The van der Waals surface area contributed by atoms with E-state index in [0.717, 1.165) is 11.1 Å². The van der Waals surface area contributed by atoms with E-state index in [2.05, 4.69) is 0 Å². The van der Waals surface area contributed by atoms with Crippen molar-refractivity contribution >= 4 is 23.3 Å². The van der Waals surface area contributed by atoms with Gasteiger partial charge in [0.15, 0.2) is 0 Å². The zero-order chi connectivity index (χ0) is 9.68. The molecule has 0 unspecified atom stereocenters. The molecule has 64 valence electrons. The minimum atomic E-state index is 0.346. The largest absolute Gasteiger partial charge is 0.389 e. The van der Waals surface area contributed by atoms with Crippen LogP contribution in [0.3, 0.4) is 0 Å². The summed E-state index contributed by atoms with van der Waals surface area (Å²) in [6.45, 7) is 0. The number of nitrogens with zero attached hydrogens (tertiary/aromatic N) is 1. The molecule has 1 aromatic rings. The SMILES string of the molecule is N#CC=Cc1ccccc1C(N)=S. The van der Waals surface area contributed by atoms with E-state index in [4.69, 9.17) is 23.2 Å². The number of hydrogen-bond acceptors (Lipinski definition) is 2. The van der Waals surface area contributed by atoms with Gasteiger partial charge in [0.2, 0.25) is 0 Å². The van der Waals surface area contributed by atoms with E-state index >= 15 is 0 Å². The van der Waals surface area contributed by atoms with Gasteiger partial charge in [-0.3, -0.25) is 0 Å². The lowest BCUT2D eigenvalue weighted by Gasteiger charge is -2.01. The Labute approximate surface area is 82.3 Å². The molecule has 0 aromatic heterocycles. The molecule has 0 amide bonds.